The third-order valence-corrected chi connectivity index (χ3v) is 11.6. The number of ether oxygens (including phenoxy) is 3. The SMILES string of the molecule is COC(=O)[C@H]1O[C@@H](O[C@@H]2CC[C@@]3(C)[C@@H](CC[C@@H]4[C@@H]3C(=O)C[C@@]3(C)[C@H]4CC[C@@]3(O)[C@H](O)CO)C2)[C@H](O)[C@H](O)[C@@H]1O. The summed E-state index contributed by atoms with van der Waals surface area (Å²) in [4.78, 5) is 25.9. The monoisotopic (exact) mass is 556 g/mol. The normalized spacial score (nSPS) is 52.4. The van der Waals surface area contributed by atoms with Crippen molar-refractivity contribution in [1.82, 2.24) is 0 Å². The Morgan fingerprint density at radius 3 is 2.46 bits per heavy atom. The van der Waals surface area contributed by atoms with Gasteiger partial charge in [0.2, 0.25) is 0 Å². The quantitative estimate of drug-likeness (QED) is 0.192. The first-order chi connectivity index (χ1) is 18.3. The third kappa shape index (κ3) is 4.31. The zero-order chi connectivity index (χ0) is 28.5. The standard InChI is InChI=1S/C28H44O11/c1-26-8-6-14(38-25-22(34)20(32)21(33)23(39-25)24(35)37-3)10-13(26)4-5-15-16-7-9-28(36,18(31)12-29)27(16,2)11-17(30)19(15)26/h13-16,18-23,25,29,31-34,36H,4-12H2,1-3H3/t13-,14+,15-,16-,18+,19+,20+,21-,22+,23-,25+,26-,27-,28+/m0/s1. The number of ketones is 1. The molecule has 14 atom stereocenters. The smallest absolute Gasteiger partial charge is 0.337 e. The van der Waals surface area contributed by atoms with Gasteiger partial charge in [0, 0.05) is 17.8 Å². The van der Waals surface area contributed by atoms with Crippen LogP contribution in [-0.2, 0) is 23.8 Å². The lowest BCUT2D eigenvalue weighted by atomic mass is 9.44. The van der Waals surface area contributed by atoms with E-state index in [1.807, 2.05) is 6.92 Å². The summed E-state index contributed by atoms with van der Waals surface area (Å²) < 4.78 is 16.3. The van der Waals surface area contributed by atoms with Crippen LogP contribution in [0.25, 0.3) is 0 Å². The summed E-state index contributed by atoms with van der Waals surface area (Å²) in [7, 11) is 1.14. The fraction of sp³-hybridized carbons (Fsp3) is 0.929. The van der Waals surface area contributed by atoms with Gasteiger partial charge < -0.3 is 44.8 Å². The van der Waals surface area contributed by atoms with Crippen molar-refractivity contribution < 1.29 is 54.4 Å². The molecule has 5 aliphatic rings. The van der Waals surface area contributed by atoms with Crippen molar-refractivity contribution in [3.63, 3.8) is 0 Å². The van der Waals surface area contributed by atoms with E-state index in [0.29, 0.717) is 32.1 Å². The highest BCUT2D eigenvalue weighted by Crippen LogP contribution is 2.67. The third-order valence-electron chi connectivity index (χ3n) is 11.6. The van der Waals surface area contributed by atoms with Gasteiger partial charge in [-0.25, -0.2) is 4.79 Å². The zero-order valence-electron chi connectivity index (χ0n) is 22.9. The van der Waals surface area contributed by atoms with Crippen LogP contribution in [0.5, 0.6) is 0 Å². The van der Waals surface area contributed by atoms with Crippen molar-refractivity contribution in [3.05, 3.63) is 0 Å². The minimum absolute atomic E-state index is 0.0760. The van der Waals surface area contributed by atoms with Gasteiger partial charge in [-0.05, 0) is 68.1 Å². The average molecular weight is 557 g/mol. The van der Waals surface area contributed by atoms with Gasteiger partial charge in [0.15, 0.2) is 12.4 Å². The number of hydrogen-bond acceptors (Lipinski definition) is 11. The Morgan fingerprint density at radius 2 is 1.79 bits per heavy atom. The number of carbonyl (C=O) groups is 2. The molecule has 1 heterocycles. The number of Topliss-reactive ketones (excluding diaryl/α,β-unsaturated/α-hetero) is 1. The molecule has 0 aromatic carbocycles. The predicted octanol–water partition coefficient (Wildman–Crippen LogP) is -0.342. The molecule has 4 saturated carbocycles. The van der Waals surface area contributed by atoms with E-state index in [4.69, 9.17) is 9.47 Å². The van der Waals surface area contributed by atoms with Gasteiger partial charge in [-0.15, -0.1) is 0 Å². The molecule has 222 valence electrons. The van der Waals surface area contributed by atoms with Crippen LogP contribution in [0.1, 0.15) is 65.2 Å². The van der Waals surface area contributed by atoms with Crippen molar-refractivity contribution in [2.45, 2.75) is 114 Å². The van der Waals surface area contributed by atoms with Gasteiger partial charge >= 0.3 is 5.97 Å². The van der Waals surface area contributed by atoms with Gasteiger partial charge in [-0.3, -0.25) is 4.79 Å². The maximum atomic E-state index is 13.8. The van der Waals surface area contributed by atoms with Crippen LogP contribution in [0.2, 0.25) is 0 Å². The zero-order valence-corrected chi connectivity index (χ0v) is 22.9. The van der Waals surface area contributed by atoms with E-state index in [9.17, 15) is 40.2 Å². The van der Waals surface area contributed by atoms with Crippen LogP contribution >= 0.6 is 0 Å². The van der Waals surface area contributed by atoms with Crippen LogP contribution in [0.4, 0.5) is 0 Å². The Morgan fingerprint density at radius 1 is 1.08 bits per heavy atom. The minimum atomic E-state index is -1.65. The molecule has 5 fully saturated rings. The Balaban J connectivity index is 1.30. The Labute approximate surface area is 228 Å². The molecule has 0 aromatic rings. The fourth-order valence-corrected chi connectivity index (χ4v) is 9.35. The molecule has 0 aromatic heterocycles. The second-order valence-electron chi connectivity index (χ2n) is 13.2. The van der Waals surface area contributed by atoms with Crippen molar-refractivity contribution in [2.75, 3.05) is 13.7 Å². The molecule has 6 N–H and O–H groups in total. The maximum Gasteiger partial charge on any atom is 0.337 e. The summed E-state index contributed by atoms with van der Waals surface area (Å²) in [6.45, 7) is 3.53. The molecule has 1 aliphatic heterocycles. The van der Waals surface area contributed by atoms with Gasteiger partial charge in [0.05, 0.1) is 25.4 Å². The molecule has 0 bridgehead atoms. The van der Waals surface area contributed by atoms with Crippen LogP contribution in [-0.4, -0.2) is 105 Å². The van der Waals surface area contributed by atoms with Crippen molar-refractivity contribution >= 4 is 11.8 Å². The number of carbonyl (C=O) groups excluding carboxylic acids is 2. The summed E-state index contributed by atoms with van der Waals surface area (Å²) in [6.07, 6.45) is -4.42. The van der Waals surface area contributed by atoms with Crippen LogP contribution < -0.4 is 0 Å². The van der Waals surface area contributed by atoms with Crippen molar-refractivity contribution in [1.29, 1.82) is 0 Å². The first-order valence-corrected chi connectivity index (χ1v) is 14.3. The largest absolute Gasteiger partial charge is 0.467 e. The van der Waals surface area contributed by atoms with E-state index in [1.54, 1.807) is 0 Å². The summed E-state index contributed by atoms with van der Waals surface area (Å²) in [5.74, 6) is -0.588. The topological polar surface area (TPSA) is 183 Å². The maximum absolute atomic E-state index is 13.8. The van der Waals surface area contributed by atoms with Crippen molar-refractivity contribution in [3.8, 4) is 0 Å². The van der Waals surface area contributed by atoms with Gasteiger partial charge in [-0.2, -0.15) is 0 Å². The van der Waals surface area contributed by atoms with E-state index < -0.39 is 60.4 Å². The van der Waals surface area contributed by atoms with Gasteiger partial charge in [0.25, 0.3) is 0 Å². The Hall–Kier alpha value is -1.18. The lowest BCUT2D eigenvalue weighted by Gasteiger charge is -2.61. The number of esters is 1. The highest BCUT2D eigenvalue weighted by Gasteiger charge is 2.68. The predicted molar refractivity (Wildman–Crippen MR) is 134 cm³/mol. The van der Waals surface area contributed by atoms with Gasteiger partial charge in [0.1, 0.15) is 30.2 Å². The number of aliphatic hydroxyl groups is 6. The minimum Gasteiger partial charge on any atom is -0.467 e. The molecule has 39 heavy (non-hydrogen) atoms. The fourth-order valence-electron chi connectivity index (χ4n) is 9.35. The molecule has 0 spiro atoms. The second-order valence-corrected chi connectivity index (χ2v) is 13.2. The number of aliphatic hydroxyl groups excluding tert-OH is 5. The van der Waals surface area contributed by atoms with E-state index in [0.717, 1.165) is 20.0 Å². The van der Waals surface area contributed by atoms with E-state index in [-0.39, 0.29) is 47.4 Å². The van der Waals surface area contributed by atoms with E-state index in [1.165, 1.54) is 0 Å². The van der Waals surface area contributed by atoms with Crippen LogP contribution in [0, 0.1) is 34.5 Å². The molecule has 11 nitrogen and oxygen atoms in total. The van der Waals surface area contributed by atoms with Gasteiger partial charge in [-0.1, -0.05) is 13.8 Å². The average Bonchev–Trinajstić information content (AvgIpc) is 3.18. The molecular formula is C28H44O11. The van der Waals surface area contributed by atoms with Crippen molar-refractivity contribution in [2.24, 2.45) is 34.5 Å². The molecule has 0 radical (unpaired) electrons. The molecular weight excluding hydrogens is 512 g/mol. The highest BCUT2D eigenvalue weighted by molar-refractivity contribution is 5.84. The summed E-state index contributed by atoms with van der Waals surface area (Å²) >= 11 is 0. The van der Waals surface area contributed by atoms with E-state index >= 15 is 0 Å². The molecule has 11 heteroatoms. The van der Waals surface area contributed by atoms with E-state index in [2.05, 4.69) is 11.7 Å². The number of rotatable bonds is 5. The second kappa shape index (κ2) is 10.3. The molecule has 5 rings (SSSR count). The first-order valence-electron chi connectivity index (χ1n) is 14.3. The highest BCUT2D eigenvalue weighted by atomic mass is 16.7. The number of fused-ring (bicyclic) bond motifs is 5. The Kier molecular flexibility index (Phi) is 7.72. The first kappa shape index (κ1) is 29.3. The molecule has 1 saturated heterocycles. The number of methoxy groups -OCH3 is 1. The molecule has 4 aliphatic carbocycles. The summed E-state index contributed by atoms with van der Waals surface area (Å²) in [5.41, 5.74) is -2.54. The summed E-state index contributed by atoms with van der Waals surface area (Å²) in [6, 6.07) is 0. The molecule has 0 amide bonds. The molecule has 0 unspecified atom stereocenters. The summed E-state index contributed by atoms with van der Waals surface area (Å²) in [5, 5.41) is 62.5. The lowest BCUT2D eigenvalue weighted by molar-refractivity contribution is -0.309. The van der Waals surface area contributed by atoms with Crippen LogP contribution in [0.15, 0.2) is 0 Å². The Bertz CT molecular complexity index is 960. The lowest BCUT2D eigenvalue weighted by Crippen LogP contribution is -2.63. The van der Waals surface area contributed by atoms with Crippen LogP contribution in [0.3, 0.4) is 0 Å². The number of hydrogen-bond donors (Lipinski definition) is 6.